The molecule has 2 atom stereocenters. The third-order valence-electron chi connectivity index (χ3n) is 3.83. The number of benzene rings is 1. The Morgan fingerprint density at radius 2 is 2.10 bits per heavy atom. The van der Waals surface area contributed by atoms with Crippen LogP contribution < -0.4 is 5.73 Å². The number of hydrogen-bond acceptors (Lipinski definition) is 3. The largest absolute Gasteiger partial charge is 0.368 e. The summed E-state index contributed by atoms with van der Waals surface area (Å²) < 4.78 is 5.40. The predicted molar refractivity (Wildman–Crippen MR) is 79.6 cm³/mol. The first kappa shape index (κ1) is 15.5. The maximum Gasteiger partial charge on any atom is 0.243 e. The molecule has 2 amide bonds. The Labute approximate surface area is 125 Å². The van der Waals surface area contributed by atoms with E-state index in [1.807, 2.05) is 42.2 Å². The topological polar surface area (TPSA) is 72.6 Å². The molecule has 2 rings (SSSR count). The molecule has 0 bridgehead atoms. The zero-order valence-corrected chi connectivity index (χ0v) is 12.3. The fraction of sp³-hybridized carbons (Fsp3) is 0.500. The van der Waals surface area contributed by atoms with Crippen molar-refractivity contribution >= 4 is 11.8 Å². The van der Waals surface area contributed by atoms with Gasteiger partial charge in [-0.3, -0.25) is 9.59 Å². The van der Waals surface area contributed by atoms with Crippen LogP contribution in [0.25, 0.3) is 0 Å². The van der Waals surface area contributed by atoms with Crippen LogP contribution in [0.4, 0.5) is 0 Å². The average Bonchev–Trinajstić information content (AvgIpc) is 2.96. The number of primary amides is 1. The van der Waals surface area contributed by atoms with Gasteiger partial charge in [0.2, 0.25) is 11.8 Å². The first-order valence-corrected chi connectivity index (χ1v) is 7.35. The summed E-state index contributed by atoms with van der Waals surface area (Å²) in [5.74, 6) is -0.453. The average molecular weight is 290 g/mol. The van der Waals surface area contributed by atoms with Crippen LogP contribution in [0.3, 0.4) is 0 Å². The van der Waals surface area contributed by atoms with Gasteiger partial charge in [0.1, 0.15) is 6.61 Å². The Kier molecular flexibility index (Phi) is 5.33. The van der Waals surface area contributed by atoms with Crippen LogP contribution in [0, 0.1) is 0 Å². The lowest BCUT2D eigenvalue weighted by Gasteiger charge is -2.23. The summed E-state index contributed by atoms with van der Waals surface area (Å²) in [6, 6.07) is 9.83. The zero-order chi connectivity index (χ0) is 15.2. The highest BCUT2D eigenvalue weighted by atomic mass is 16.5. The highest BCUT2D eigenvalue weighted by Crippen LogP contribution is 2.24. The van der Waals surface area contributed by atoms with E-state index in [0.29, 0.717) is 13.1 Å². The fourth-order valence-electron chi connectivity index (χ4n) is 2.72. The predicted octanol–water partition coefficient (Wildman–Crippen LogP) is 1.28. The molecule has 0 aliphatic carbocycles. The van der Waals surface area contributed by atoms with Gasteiger partial charge in [-0.1, -0.05) is 37.3 Å². The molecule has 0 aromatic heterocycles. The van der Waals surface area contributed by atoms with Crippen LogP contribution >= 0.6 is 0 Å². The molecular weight excluding hydrogens is 268 g/mol. The number of nitrogens with two attached hydrogens (primary N) is 1. The molecule has 1 aliphatic heterocycles. The summed E-state index contributed by atoms with van der Waals surface area (Å²) in [7, 11) is 0. The van der Waals surface area contributed by atoms with Crippen LogP contribution in [0.2, 0.25) is 0 Å². The van der Waals surface area contributed by atoms with Gasteiger partial charge in [0, 0.05) is 13.1 Å². The number of amides is 2. The Morgan fingerprint density at radius 1 is 1.38 bits per heavy atom. The van der Waals surface area contributed by atoms with E-state index in [2.05, 4.69) is 0 Å². The second kappa shape index (κ2) is 7.22. The number of nitrogens with zero attached hydrogens (tertiary/aromatic N) is 1. The Morgan fingerprint density at radius 3 is 2.71 bits per heavy atom. The molecule has 0 saturated carbocycles. The molecule has 114 valence electrons. The maximum atomic E-state index is 12.6. The highest BCUT2D eigenvalue weighted by Gasteiger charge is 2.31. The molecule has 0 spiro atoms. The fourth-order valence-corrected chi connectivity index (χ4v) is 2.72. The van der Waals surface area contributed by atoms with Gasteiger partial charge >= 0.3 is 0 Å². The standard InChI is InChI=1S/C16H22N2O3/c1-2-14(12-6-4-3-5-7-12)16(20)18-9-8-13(10-18)21-11-15(17)19/h3-7,13-14H,2,8-11H2,1H3,(H2,17,19)/t13-,14-/m1/s1. The molecule has 1 heterocycles. The molecule has 2 N–H and O–H groups in total. The molecule has 21 heavy (non-hydrogen) atoms. The number of hydrogen-bond donors (Lipinski definition) is 1. The van der Waals surface area contributed by atoms with E-state index in [1.54, 1.807) is 0 Å². The lowest BCUT2D eigenvalue weighted by molar-refractivity contribution is -0.132. The second-order valence-corrected chi connectivity index (χ2v) is 5.34. The Hall–Kier alpha value is -1.88. The third-order valence-corrected chi connectivity index (χ3v) is 3.83. The zero-order valence-electron chi connectivity index (χ0n) is 12.3. The quantitative estimate of drug-likeness (QED) is 0.858. The van der Waals surface area contributed by atoms with E-state index in [9.17, 15) is 9.59 Å². The molecule has 1 aliphatic rings. The van der Waals surface area contributed by atoms with Crippen molar-refractivity contribution in [2.75, 3.05) is 19.7 Å². The SMILES string of the molecule is CC[C@@H](C(=O)N1CC[C@@H](OCC(N)=O)C1)c1ccccc1. The number of carbonyl (C=O) groups excluding carboxylic acids is 2. The van der Waals surface area contributed by atoms with Gasteiger partial charge < -0.3 is 15.4 Å². The molecule has 5 heteroatoms. The molecule has 1 aromatic rings. The van der Waals surface area contributed by atoms with E-state index >= 15 is 0 Å². The van der Waals surface area contributed by atoms with Gasteiger partial charge in [-0.15, -0.1) is 0 Å². The van der Waals surface area contributed by atoms with Crippen molar-refractivity contribution < 1.29 is 14.3 Å². The molecule has 1 saturated heterocycles. The molecule has 0 unspecified atom stereocenters. The maximum absolute atomic E-state index is 12.6. The number of ether oxygens (including phenoxy) is 1. The number of carbonyl (C=O) groups is 2. The molecule has 1 aromatic carbocycles. The lowest BCUT2D eigenvalue weighted by atomic mass is 9.95. The van der Waals surface area contributed by atoms with Crippen molar-refractivity contribution in [3.63, 3.8) is 0 Å². The van der Waals surface area contributed by atoms with E-state index in [-0.39, 0.29) is 24.5 Å². The van der Waals surface area contributed by atoms with Crippen molar-refractivity contribution in [3.05, 3.63) is 35.9 Å². The monoisotopic (exact) mass is 290 g/mol. The second-order valence-electron chi connectivity index (χ2n) is 5.34. The first-order chi connectivity index (χ1) is 10.1. The molecule has 1 fully saturated rings. The van der Waals surface area contributed by atoms with Gasteiger partial charge in [-0.05, 0) is 18.4 Å². The molecular formula is C16H22N2O3. The van der Waals surface area contributed by atoms with Crippen LogP contribution in [0.1, 0.15) is 31.2 Å². The van der Waals surface area contributed by atoms with Gasteiger partial charge in [-0.2, -0.15) is 0 Å². The Balaban J connectivity index is 1.95. The summed E-state index contributed by atoms with van der Waals surface area (Å²) in [6.45, 7) is 3.15. The number of likely N-dealkylation sites (tertiary alicyclic amines) is 1. The minimum atomic E-state index is -0.476. The summed E-state index contributed by atoms with van der Waals surface area (Å²) >= 11 is 0. The minimum absolute atomic E-state index is 0.0808. The third kappa shape index (κ3) is 4.04. The summed E-state index contributed by atoms with van der Waals surface area (Å²) in [6.07, 6.45) is 1.44. The van der Waals surface area contributed by atoms with Crippen molar-refractivity contribution in [1.29, 1.82) is 0 Å². The van der Waals surface area contributed by atoms with Crippen LogP contribution in [0.15, 0.2) is 30.3 Å². The summed E-state index contributed by atoms with van der Waals surface area (Å²) in [5, 5.41) is 0. The Bertz CT molecular complexity index is 490. The van der Waals surface area contributed by atoms with Crippen molar-refractivity contribution in [3.8, 4) is 0 Å². The summed E-state index contributed by atoms with van der Waals surface area (Å²) in [4.78, 5) is 25.2. The van der Waals surface area contributed by atoms with Crippen molar-refractivity contribution in [1.82, 2.24) is 4.90 Å². The van der Waals surface area contributed by atoms with Crippen LogP contribution in [-0.2, 0) is 14.3 Å². The van der Waals surface area contributed by atoms with Gasteiger partial charge in [0.15, 0.2) is 0 Å². The minimum Gasteiger partial charge on any atom is -0.368 e. The van der Waals surface area contributed by atoms with Crippen molar-refractivity contribution in [2.24, 2.45) is 5.73 Å². The molecule has 5 nitrogen and oxygen atoms in total. The number of rotatable bonds is 6. The normalized spacial score (nSPS) is 19.5. The van der Waals surface area contributed by atoms with E-state index in [0.717, 1.165) is 18.4 Å². The van der Waals surface area contributed by atoms with Gasteiger partial charge in [-0.25, -0.2) is 0 Å². The van der Waals surface area contributed by atoms with Gasteiger partial charge in [0.05, 0.1) is 12.0 Å². The summed E-state index contributed by atoms with van der Waals surface area (Å²) in [5.41, 5.74) is 6.11. The molecule has 0 radical (unpaired) electrons. The van der Waals surface area contributed by atoms with Gasteiger partial charge in [0.25, 0.3) is 0 Å². The highest BCUT2D eigenvalue weighted by molar-refractivity contribution is 5.84. The van der Waals surface area contributed by atoms with E-state index in [1.165, 1.54) is 0 Å². The van der Waals surface area contributed by atoms with Crippen LogP contribution in [-0.4, -0.2) is 42.5 Å². The van der Waals surface area contributed by atoms with Crippen LogP contribution in [0.5, 0.6) is 0 Å². The first-order valence-electron chi connectivity index (χ1n) is 7.35. The van der Waals surface area contributed by atoms with E-state index in [4.69, 9.17) is 10.5 Å². The lowest BCUT2D eigenvalue weighted by Crippen LogP contribution is -2.34. The van der Waals surface area contributed by atoms with E-state index < -0.39 is 5.91 Å². The van der Waals surface area contributed by atoms with Crippen molar-refractivity contribution in [2.45, 2.75) is 31.8 Å². The smallest absolute Gasteiger partial charge is 0.243 e.